The number of nitrogens with one attached hydrogen (secondary N) is 1. The Kier molecular flexibility index (Phi) is 5.32. The van der Waals surface area contributed by atoms with Crippen LogP contribution in [0.25, 0.3) is 11.4 Å². The predicted molar refractivity (Wildman–Crippen MR) is 92.1 cm³/mol. The maximum atomic E-state index is 12.9. The number of benzene rings is 1. The van der Waals surface area contributed by atoms with Crippen molar-refractivity contribution < 1.29 is 13.8 Å². The van der Waals surface area contributed by atoms with Gasteiger partial charge in [0.05, 0.1) is 4.92 Å². The molecule has 0 aliphatic carbocycles. The number of rotatable bonds is 7. The van der Waals surface area contributed by atoms with E-state index in [4.69, 9.17) is 9.78 Å². The number of aryl methyl sites for hydroxylation is 1. The number of hydrogen-bond acceptors (Lipinski definition) is 8. The highest BCUT2D eigenvalue weighted by Crippen LogP contribution is 2.25. The molecule has 1 aromatic carbocycles. The van der Waals surface area contributed by atoms with Gasteiger partial charge in [-0.2, -0.15) is 10.2 Å². The lowest BCUT2D eigenvalue weighted by Gasteiger charge is -2.05. The Morgan fingerprint density at radius 2 is 2.07 bits per heavy atom. The van der Waals surface area contributed by atoms with E-state index >= 15 is 0 Å². The van der Waals surface area contributed by atoms with Crippen LogP contribution in [0.3, 0.4) is 0 Å². The van der Waals surface area contributed by atoms with Gasteiger partial charge in [0, 0.05) is 24.7 Å². The number of halogens is 1. The van der Waals surface area contributed by atoms with Crippen molar-refractivity contribution in [2.45, 2.75) is 12.8 Å². The van der Waals surface area contributed by atoms with Crippen molar-refractivity contribution in [1.29, 1.82) is 5.26 Å². The van der Waals surface area contributed by atoms with Crippen molar-refractivity contribution in [3.8, 4) is 17.5 Å². The largest absolute Gasteiger partial charge is 0.364 e. The first-order chi connectivity index (χ1) is 13.1. The Hall–Kier alpha value is -3.87. The first-order valence-corrected chi connectivity index (χ1v) is 7.94. The summed E-state index contributed by atoms with van der Waals surface area (Å²) < 4.78 is 18.1. The lowest BCUT2D eigenvalue weighted by atomic mass is 10.2. The monoisotopic (exact) mass is 368 g/mol. The van der Waals surface area contributed by atoms with E-state index in [1.165, 1.54) is 24.4 Å². The zero-order valence-corrected chi connectivity index (χ0v) is 13.9. The van der Waals surface area contributed by atoms with Gasteiger partial charge in [-0.15, -0.1) is 0 Å². The van der Waals surface area contributed by atoms with E-state index in [9.17, 15) is 14.5 Å². The van der Waals surface area contributed by atoms with E-state index in [2.05, 4.69) is 20.4 Å². The van der Waals surface area contributed by atoms with Crippen LogP contribution in [0, 0.1) is 27.3 Å². The van der Waals surface area contributed by atoms with Gasteiger partial charge in [-0.25, -0.2) is 9.37 Å². The van der Waals surface area contributed by atoms with E-state index in [-0.39, 0.29) is 22.9 Å². The third-order valence-corrected chi connectivity index (χ3v) is 3.66. The quantitative estimate of drug-likeness (QED) is 0.382. The molecule has 0 aliphatic rings. The van der Waals surface area contributed by atoms with Crippen LogP contribution in [0.15, 0.2) is 41.1 Å². The summed E-state index contributed by atoms with van der Waals surface area (Å²) in [6.07, 6.45) is 2.31. The van der Waals surface area contributed by atoms with E-state index in [1.807, 2.05) is 0 Å². The minimum Gasteiger partial charge on any atom is -0.364 e. The van der Waals surface area contributed by atoms with E-state index in [1.54, 1.807) is 18.2 Å². The lowest BCUT2D eigenvalue weighted by molar-refractivity contribution is -0.384. The van der Waals surface area contributed by atoms with Crippen molar-refractivity contribution in [2.75, 3.05) is 11.9 Å². The molecule has 0 radical (unpaired) electrons. The number of hydrogen-bond donors (Lipinski definition) is 1. The van der Waals surface area contributed by atoms with Crippen LogP contribution in [0.5, 0.6) is 0 Å². The SMILES string of the molecule is N#Cc1ccnc(NCCCc2nc(-c3ccc(F)cc3)no2)c1[N+](=O)[O-]. The zero-order valence-electron chi connectivity index (χ0n) is 13.9. The first kappa shape index (κ1) is 17.9. The summed E-state index contributed by atoms with van der Waals surface area (Å²) >= 11 is 0. The Morgan fingerprint density at radius 3 is 2.78 bits per heavy atom. The normalized spacial score (nSPS) is 10.4. The minimum atomic E-state index is -0.638. The van der Waals surface area contributed by atoms with Gasteiger partial charge < -0.3 is 9.84 Å². The molecule has 3 rings (SSSR count). The highest BCUT2D eigenvalue weighted by molar-refractivity contribution is 5.64. The van der Waals surface area contributed by atoms with Gasteiger partial charge in [-0.1, -0.05) is 5.16 Å². The highest BCUT2D eigenvalue weighted by Gasteiger charge is 2.20. The van der Waals surface area contributed by atoms with Crippen molar-refractivity contribution >= 4 is 11.5 Å². The van der Waals surface area contributed by atoms with Gasteiger partial charge in [0.15, 0.2) is 0 Å². The third kappa shape index (κ3) is 4.21. The molecule has 0 bridgehead atoms. The lowest BCUT2D eigenvalue weighted by Crippen LogP contribution is -2.08. The van der Waals surface area contributed by atoms with Crippen LogP contribution >= 0.6 is 0 Å². The first-order valence-electron chi connectivity index (χ1n) is 7.94. The maximum Gasteiger partial charge on any atom is 0.328 e. The molecule has 0 saturated carbocycles. The Balaban J connectivity index is 1.58. The van der Waals surface area contributed by atoms with E-state index in [0.29, 0.717) is 36.7 Å². The van der Waals surface area contributed by atoms with Gasteiger partial charge >= 0.3 is 5.69 Å². The summed E-state index contributed by atoms with van der Waals surface area (Å²) in [4.78, 5) is 18.6. The number of pyridine rings is 1. The minimum absolute atomic E-state index is 0.0385. The average molecular weight is 368 g/mol. The molecule has 10 heteroatoms. The second-order valence-electron chi connectivity index (χ2n) is 5.47. The fraction of sp³-hybridized carbons (Fsp3) is 0.176. The van der Waals surface area contributed by atoms with Gasteiger partial charge in [0.25, 0.3) is 0 Å². The molecule has 2 heterocycles. The van der Waals surface area contributed by atoms with Gasteiger partial charge in [-0.3, -0.25) is 10.1 Å². The topological polar surface area (TPSA) is 131 Å². The van der Waals surface area contributed by atoms with Crippen LogP contribution in [0.2, 0.25) is 0 Å². The van der Waals surface area contributed by atoms with Crippen molar-refractivity contribution in [3.05, 3.63) is 63.9 Å². The summed E-state index contributed by atoms with van der Waals surface area (Å²) in [7, 11) is 0. The molecule has 27 heavy (non-hydrogen) atoms. The van der Waals surface area contributed by atoms with Gasteiger partial charge in [-0.05, 0) is 36.8 Å². The van der Waals surface area contributed by atoms with Crippen molar-refractivity contribution in [2.24, 2.45) is 0 Å². The predicted octanol–water partition coefficient (Wildman–Crippen LogP) is 3.10. The van der Waals surface area contributed by atoms with Gasteiger partial charge in [0.1, 0.15) is 17.4 Å². The summed E-state index contributed by atoms with van der Waals surface area (Å²) in [6.45, 7) is 0.358. The molecular formula is C17H13FN6O3. The van der Waals surface area contributed by atoms with Crippen LogP contribution in [-0.2, 0) is 6.42 Å². The third-order valence-electron chi connectivity index (χ3n) is 3.66. The number of anilines is 1. The molecule has 9 nitrogen and oxygen atoms in total. The standard InChI is InChI=1S/C17H13FN6O3/c18-13-5-3-11(4-6-13)16-22-14(27-23-16)2-1-8-20-17-15(24(25)26)12(10-19)7-9-21-17/h3-7,9H,1-2,8H2,(H,20,21). The molecule has 0 spiro atoms. The number of nitriles is 1. The van der Waals surface area contributed by atoms with Crippen LogP contribution in [-0.4, -0.2) is 26.6 Å². The number of nitrogens with zero attached hydrogens (tertiary/aromatic N) is 5. The molecule has 3 aromatic rings. The fourth-order valence-electron chi connectivity index (χ4n) is 2.38. The molecule has 0 atom stereocenters. The zero-order chi connectivity index (χ0) is 19.2. The second-order valence-corrected chi connectivity index (χ2v) is 5.47. The average Bonchev–Trinajstić information content (AvgIpc) is 3.14. The smallest absolute Gasteiger partial charge is 0.328 e. The van der Waals surface area contributed by atoms with Crippen LogP contribution in [0.4, 0.5) is 15.9 Å². The Labute approximate surface area is 152 Å². The maximum absolute atomic E-state index is 12.9. The molecule has 136 valence electrons. The molecule has 0 fully saturated rings. The molecule has 0 amide bonds. The summed E-state index contributed by atoms with van der Waals surface area (Å²) in [6, 6.07) is 8.80. The molecule has 0 saturated heterocycles. The number of aromatic nitrogens is 3. The van der Waals surface area contributed by atoms with Crippen molar-refractivity contribution in [1.82, 2.24) is 15.1 Å². The molecule has 0 unspecified atom stereocenters. The van der Waals surface area contributed by atoms with E-state index < -0.39 is 4.92 Å². The second kappa shape index (κ2) is 8.01. The summed E-state index contributed by atoms with van der Waals surface area (Å²) in [5.74, 6) is 0.439. The molecule has 0 aliphatic heterocycles. The van der Waals surface area contributed by atoms with Crippen LogP contribution < -0.4 is 5.32 Å². The fourth-order valence-corrected chi connectivity index (χ4v) is 2.38. The highest BCUT2D eigenvalue weighted by atomic mass is 19.1. The van der Waals surface area contributed by atoms with Crippen molar-refractivity contribution in [3.63, 3.8) is 0 Å². The Morgan fingerprint density at radius 1 is 1.30 bits per heavy atom. The van der Waals surface area contributed by atoms with Crippen LogP contribution in [0.1, 0.15) is 17.9 Å². The molecular weight excluding hydrogens is 355 g/mol. The van der Waals surface area contributed by atoms with E-state index in [0.717, 1.165) is 0 Å². The number of nitro groups is 1. The van der Waals surface area contributed by atoms with Gasteiger partial charge in [0.2, 0.25) is 17.5 Å². The summed E-state index contributed by atoms with van der Waals surface area (Å²) in [5, 5.41) is 26.8. The Bertz CT molecular complexity index is 997. The summed E-state index contributed by atoms with van der Waals surface area (Å²) in [5.41, 5.74) is 0.229. The molecule has 1 N–H and O–H groups in total. The molecule has 2 aromatic heterocycles.